The second kappa shape index (κ2) is 4.09. The Bertz CT molecular complexity index is 433. The first-order valence-corrected chi connectivity index (χ1v) is 4.16. The number of carboxylic acids is 1. The molecule has 0 atom stereocenters. The number of rotatable bonds is 2. The normalized spacial score (nSPS) is 11.2. The summed E-state index contributed by atoms with van der Waals surface area (Å²) in [6.07, 6.45) is -5.00. The van der Waals surface area contributed by atoms with Crippen LogP contribution in [-0.2, 0) is 0 Å². The Kier molecular flexibility index (Phi) is 3.18. The molecule has 0 heterocycles. The quantitative estimate of drug-likeness (QED) is 0.797. The van der Waals surface area contributed by atoms with Crippen LogP contribution >= 0.6 is 11.6 Å². The maximum Gasteiger partial charge on any atom is 0.573 e. The number of carbonyl (C=O) groups is 1. The van der Waals surface area contributed by atoms with Crippen LogP contribution in [0.1, 0.15) is 10.4 Å². The van der Waals surface area contributed by atoms with E-state index in [0.29, 0.717) is 6.07 Å². The lowest BCUT2D eigenvalue weighted by atomic mass is 10.2. The topological polar surface area (TPSA) is 72.5 Å². The summed E-state index contributed by atoms with van der Waals surface area (Å²) in [6, 6.07) is 1.50. The molecule has 0 unspecified atom stereocenters. The molecule has 0 aliphatic heterocycles. The Morgan fingerprint density at radius 1 is 1.44 bits per heavy atom. The van der Waals surface area contributed by atoms with Gasteiger partial charge in [-0.3, -0.25) is 0 Å². The first-order chi connectivity index (χ1) is 7.20. The van der Waals surface area contributed by atoms with Gasteiger partial charge >= 0.3 is 12.3 Å². The van der Waals surface area contributed by atoms with Crippen molar-refractivity contribution in [1.82, 2.24) is 0 Å². The van der Waals surface area contributed by atoms with Crippen molar-refractivity contribution in [1.29, 1.82) is 0 Å². The second-order valence-corrected chi connectivity index (χ2v) is 3.13. The van der Waals surface area contributed by atoms with Crippen molar-refractivity contribution in [3.8, 4) is 5.75 Å². The van der Waals surface area contributed by atoms with Gasteiger partial charge in [0.1, 0.15) is 11.3 Å². The van der Waals surface area contributed by atoms with Gasteiger partial charge in [0.15, 0.2) is 0 Å². The van der Waals surface area contributed by atoms with Crippen molar-refractivity contribution < 1.29 is 27.8 Å². The molecule has 0 saturated carbocycles. The maximum absolute atomic E-state index is 11.9. The third kappa shape index (κ3) is 2.93. The Labute approximate surface area is 92.4 Å². The van der Waals surface area contributed by atoms with E-state index in [1.54, 1.807) is 0 Å². The summed E-state index contributed by atoms with van der Waals surface area (Å²) in [5.41, 5.74) is 4.32. The van der Waals surface area contributed by atoms with Gasteiger partial charge in [0.2, 0.25) is 0 Å². The summed E-state index contributed by atoms with van der Waals surface area (Å²) in [5, 5.41) is 8.47. The highest BCUT2D eigenvalue weighted by atomic mass is 35.5. The molecule has 4 nitrogen and oxygen atoms in total. The van der Waals surface area contributed by atoms with E-state index in [2.05, 4.69) is 4.74 Å². The van der Waals surface area contributed by atoms with Crippen LogP contribution in [0.4, 0.5) is 18.9 Å². The Morgan fingerprint density at radius 3 is 2.44 bits per heavy atom. The lowest BCUT2D eigenvalue weighted by Crippen LogP contribution is -2.19. The minimum Gasteiger partial charge on any atom is -0.478 e. The Hall–Kier alpha value is -1.63. The fourth-order valence-corrected chi connectivity index (χ4v) is 1.11. The smallest absolute Gasteiger partial charge is 0.478 e. The van der Waals surface area contributed by atoms with Crippen LogP contribution in [-0.4, -0.2) is 17.4 Å². The molecule has 0 bridgehead atoms. The third-order valence-electron chi connectivity index (χ3n) is 1.55. The highest BCUT2D eigenvalue weighted by Crippen LogP contribution is 2.32. The number of anilines is 1. The molecule has 1 aromatic rings. The molecule has 1 rings (SSSR count). The molecule has 0 spiro atoms. The molecule has 3 N–H and O–H groups in total. The van der Waals surface area contributed by atoms with Gasteiger partial charge in [-0.25, -0.2) is 4.79 Å². The van der Waals surface area contributed by atoms with E-state index in [0.717, 1.165) is 6.07 Å². The summed E-state index contributed by atoms with van der Waals surface area (Å²) < 4.78 is 39.3. The fraction of sp³-hybridized carbons (Fsp3) is 0.125. The van der Waals surface area contributed by atoms with E-state index in [1.807, 2.05) is 0 Å². The van der Waals surface area contributed by atoms with Gasteiger partial charge in [-0.15, -0.1) is 13.2 Å². The molecule has 88 valence electrons. The molecular formula is C8H5ClF3NO3. The molecule has 0 saturated heterocycles. The highest BCUT2D eigenvalue weighted by molar-refractivity contribution is 6.33. The number of nitrogens with two attached hydrogens (primary N) is 1. The molecule has 0 radical (unpaired) electrons. The third-order valence-corrected chi connectivity index (χ3v) is 1.88. The van der Waals surface area contributed by atoms with E-state index >= 15 is 0 Å². The van der Waals surface area contributed by atoms with Crippen LogP contribution in [0.3, 0.4) is 0 Å². The molecule has 0 aliphatic carbocycles. The van der Waals surface area contributed by atoms with Crippen molar-refractivity contribution in [3.05, 3.63) is 22.7 Å². The number of aromatic carboxylic acids is 1. The molecule has 0 aromatic heterocycles. The molecular weight excluding hydrogens is 251 g/mol. The van der Waals surface area contributed by atoms with Crippen LogP contribution in [0.5, 0.6) is 5.75 Å². The van der Waals surface area contributed by atoms with E-state index in [4.69, 9.17) is 22.4 Å². The minimum absolute atomic E-state index is 0.160. The number of hydrogen-bond donors (Lipinski definition) is 2. The van der Waals surface area contributed by atoms with E-state index in [1.165, 1.54) is 0 Å². The summed E-state index contributed by atoms with van der Waals surface area (Å²) in [4.78, 5) is 10.6. The van der Waals surface area contributed by atoms with Crippen LogP contribution in [0.25, 0.3) is 0 Å². The van der Waals surface area contributed by atoms with Gasteiger partial charge in [-0.1, -0.05) is 11.6 Å². The summed E-state index contributed by atoms with van der Waals surface area (Å²) in [6.45, 7) is 0. The predicted molar refractivity (Wildman–Crippen MR) is 49.5 cm³/mol. The van der Waals surface area contributed by atoms with Crippen molar-refractivity contribution in [3.63, 3.8) is 0 Å². The van der Waals surface area contributed by atoms with Crippen molar-refractivity contribution in [2.24, 2.45) is 0 Å². The number of hydrogen-bond acceptors (Lipinski definition) is 3. The predicted octanol–water partition coefficient (Wildman–Crippen LogP) is 2.52. The van der Waals surface area contributed by atoms with Gasteiger partial charge in [-0.2, -0.15) is 0 Å². The Morgan fingerprint density at radius 2 is 2.00 bits per heavy atom. The number of nitrogen functional groups attached to an aromatic ring is 1. The van der Waals surface area contributed by atoms with Crippen LogP contribution in [0, 0.1) is 0 Å². The van der Waals surface area contributed by atoms with Gasteiger partial charge in [0.05, 0.1) is 10.7 Å². The zero-order valence-corrected chi connectivity index (χ0v) is 8.26. The zero-order chi connectivity index (χ0) is 12.5. The number of ether oxygens (including phenoxy) is 1. The second-order valence-electron chi connectivity index (χ2n) is 2.72. The van der Waals surface area contributed by atoms with Crippen molar-refractivity contribution in [2.75, 3.05) is 5.73 Å². The van der Waals surface area contributed by atoms with E-state index in [-0.39, 0.29) is 10.7 Å². The Balaban J connectivity index is 3.25. The average molecular weight is 256 g/mol. The highest BCUT2D eigenvalue weighted by Gasteiger charge is 2.33. The average Bonchev–Trinajstić information content (AvgIpc) is 2.07. The summed E-state index contributed by atoms with van der Waals surface area (Å²) in [5.74, 6) is -2.50. The van der Waals surface area contributed by atoms with Gasteiger partial charge in [0.25, 0.3) is 0 Å². The number of carboxylic acid groups (broad SMARTS) is 1. The first kappa shape index (κ1) is 12.4. The minimum atomic E-state index is -5.00. The van der Waals surface area contributed by atoms with Gasteiger partial charge < -0.3 is 15.6 Å². The van der Waals surface area contributed by atoms with E-state index in [9.17, 15) is 18.0 Å². The standard InChI is InChI=1S/C8H5ClF3NO3/c9-4-1-3(7(14)15)6(2-5(4)13)16-8(10,11)12/h1-2H,13H2,(H,14,15). The fourth-order valence-electron chi connectivity index (χ4n) is 0.945. The monoisotopic (exact) mass is 255 g/mol. The molecule has 8 heteroatoms. The maximum atomic E-state index is 11.9. The van der Waals surface area contributed by atoms with Crippen molar-refractivity contribution >= 4 is 23.3 Å². The lowest BCUT2D eigenvalue weighted by Gasteiger charge is -2.12. The van der Waals surface area contributed by atoms with Crippen LogP contribution < -0.4 is 10.5 Å². The summed E-state index contributed by atoms with van der Waals surface area (Å²) >= 11 is 5.48. The van der Waals surface area contributed by atoms with E-state index < -0.39 is 23.6 Å². The van der Waals surface area contributed by atoms with Crippen LogP contribution in [0.2, 0.25) is 5.02 Å². The molecule has 0 amide bonds. The lowest BCUT2D eigenvalue weighted by molar-refractivity contribution is -0.274. The molecule has 0 aliphatic rings. The van der Waals surface area contributed by atoms with Gasteiger partial charge in [-0.05, 0) is 6.07 Å². The van der Waals surface area contributed by atoms with Crippen molar-refractivity contribution in [2.45, 2.75) is 6.36 Å². The zero-order valence-electron chi connectivity index (χ0n) is 7.51. The summed E-state index contributed by atoms with van der Waals surface area (Å²) in [7, 11) is 0. The molecule has 16 heavy (non-hydrogen) atoms. The first-order valence-electron chi connectivity index (χ1n) is 3.79. The number of benzene rings is 1. The molecule has 0 fully saturated rings. The van der Waals surface area contributed by atoms with Gasteiger partial charge in [0, 0.05) is 6.07 Å². The largest absolute Gasteiger partial charge is 0.573 e. The number of alkyl halides is 3. The molecule has 1 aromatic carbocycles. The number of halogens is 4. The van der Waals surface area contributed by atoms with Crippen LogP contribution in [0.15, 0.2) is 12.1 Å². The SMILES string of the molecule is Nc1cc(OC(F)(F)F)c(C(=O)O)cc1Cl.